The van der Waals surface area contributed by atoms with Gasteiger partial charge < -0.3 is 55.3 Å². The molecule has 9 amide bonds. The molecule has 24 nitrogen and oxygen atoms in total. The van der Waals surface area contributed by atoms with Crippen molar-refractivity contribution in [3.05, 3.63) is 0 Å². The summed E-state index contributed by atoms with van der Waals surface area (Å²) in [5.41, 5.74) is -0.578. The molecule has 0 radical (unpaired) electrons. The molecule has 0 spiro atoms. The molecule has 502 valence electrons. The fraction of sp³-hybridized carbons (Fsp3) is 0.812. The molecule has 0 aromatic carbocycles. The molecule has 24 heteroatoms. The van der Waals surface area contributed by atoms with E-state index in [0.717, 1.165) is 148 Å². The lowest BCUT2D eigenvalue weighted by atomic mass is 9.88. The minimum atomic E-state index is -0.584. The third-order valence-electron chi connectivity index (χ3n) is 15.4. The van der Waals surface area contributed by atoms with Crippen LogP contribution in [-0.4, -0.2) is 153 Å². The van der Waals surface area contributed by atoms with Gasteiger partial charge in [0.15, 0.2) is 0 Å². The lowest BCUT2D eigenvalue weighted by Crippen LogP contribution is -2.38. The molecule has 0 unspecified atom stereocenters. The maximum atomic E-state index is 12.7. The van der Waals surface area contributed by atoms with Crippen molar-refractivity contribution in [1.29, 1.82) is 0 Å². The average molecular weight is 1250 g/mol. The van der Waals surface area contributed by atoms with Crippen LogP contribution in [0, 0.1) is 5.41 Å². The highest BCUT2D eigenvalue weighted by Crippen LogP contribution is 2.25. The molecule has 0 aromatic rings. The number of nitrogens with zero attached hydrogens (tertiary/aromatic N) is 2. The quantitative estimate of drug-likeness (QED) is 0.0288. The standard InChI is InChI=1S/C64H109N7O17/c1-3-64(49-84-46-38-55(75)67-43-26-14-4-9-19-29-52(2)72,50-85-47-39-56(76)68-44-27-15-5-10-20-30-53(73)65-41-24-17-7-12-22-32-62(82)87-70-58(78)34-35-59(70)79)51-86-48-40-57(77)69-45-28-16-6-11-21-31-54(74)66-42-25-18-8-13-23-33-63(83)88-71-60(80)36-37-61(71)81/h3-51H2,1-2H3,(H,65,73)(H,66,74)(H,67,75)(H,68,76)(H,69,77). The van der Waals surface area contributed by atoms with Crippen molar-refractivity contribution in [2.45, 2.75) is 258 Å². The molecule has 0 saturated carbocycles. The molecule has 2 rings (SSSR count). The molecule has 0 aliphatic carbocycles. The van der Waals surface area contributed by atoms with Gasteiger partial charge in [-0.3, -0.25) is 43.2 Å². The van der Waals surface area contributed by atoms with E-state index in [2.05, 4.69) is 26.6 Å². The van der Waals surface area contributed by atoms with E-state index in [9.17, 15) is 57.5 Å². The molecule has 5 N–H and O–H groups in total. The van der Waals surface area contributed by atoms with E-state index in [1.807, 2.05) is 6.92 Å². The van der Waals surface area contributed by atoms with Crippen LogP contribution < -0.4 is 26.6 Å². The third kappa shape index (κ3) is 41.4. The summed E-state index contributed by atoms with van der Waals surface area (Å²) >= 11 is 0. The average Bonchev–Trinajstić information content (AvgIpc) is 4.22. The minimum Gasteiger partial charge on any atom is -0.380 e. The van der Waals surface area contributed by atoms with Crippen molar-refractivity contribution in [2.24, 2.45) is 5.41 Å². The van der Waals surface area contributed by atoms with Crippen molar-refractivity contribution in [3.63, 3.8) is 0 Å². The van der Waals surface area contributed by atoms with Crippen LogP contribution in [0.3, 0.4) is 0 Å². The van der Waals surface area contributed by atoms with Crippen molar-refractivity contribution < 1.29 is 81.4 Å². The third-order valence-corrected chi connectivity index (χ3v) is 15.4. The molecule has 0 atom stereocenters. The van der Waals surface area contributed by atoms with Crippen LogP contribution in [0.1, 0.15) is 258 Å². The first-order valence-corrected chi connectivity index (χ1v) is 33.2. The first-order valence-electron chi connectivity index (χ1n) is 33.2. The number of ether oxygens (including phenoxy) is 3. The summed E-state index contributed by atoms with van der Waals surface area (Å²) in [4.78, 5) is 153. The van der Waals surface area contributed by atoms with Gasteiger partial charge in [-0.05, 0) is 77.6 Å². The number of hydrogen-bond acceptors (Lipinski definition) is 17. The van der Waals surface area contributed by atoms with Gasteiger partial charge in [0.1, 0.15) is 5.78 Å². The Morgan fingerprint density at radius 3 is 0.852 bits per heavy atom. The van der Waals surface area contributed by atoms with Gasteiger partial charge in [0.2, 0.25) is 29.5 Å². The summed E-state index contributed by atoms with van der Waals surface area (Å²) in [6.45, 7) is 7.87. The number of unbranched alkanes of at least 4 members (excludes halogenated alkanes) is 20. The number of nitrogens with one attached hydrogen (secondary N) is 5. The number of rotatable bonds is 58. The highest BCUT2D eigenvalue weighted by molar-refractivity contribution is 6.02. The summed E-state index contributed by atoms with van der Waals surface area (Å²) in [6, 6.07) is 0. The summed E-state index contributed by atoms with van der Waals surface area (Å²) in [5.74, 6) is -3.15. The zero-order valence-electron chi connectivity index (χ0n) is 53.5. The van der Waals surface area contributed by atoms with Crippen molar-refractivity contribution in [2.75, 3.05) is 72.4 Å². The van der Waals surface area contributed by atoms with Crippen molar-refractivity contribution in [3.8, 4) is 0 Å². The lowest BCUT2D eigenvalue weighted by Gasteiger charge is -2.32. The molecule has 2 fully saturated rings. The van der Waals surface area contributed by atoms with Gasteiger partial charge in [0, 0.05) is 115 Å². The Bertz CT molecular complexity index is 1950. The second-order valence-electron chi connectivity index (χ2n) is 23.4. The molecule has 2 heterocycles. The number of hydroxylamine groups is 4. The number of carbonyl (C=O) groups excluding carboxylic acids is 12. The van der Waals surface area contributed by atoms with E-state index < -0.39 is 41.0 Å². The van der Waals surface area contributed by atoms with E-state index in [-0.39, 0.29) is 133 Å². The predicted molar refractivity (Wildman–Crippen MR) is 328 cm³/mol. The van der Waals surface area contributed by atoms with E-state index >= 15 is 0 Å². The lowest BCUT2D eigenvalue weighted by molar-refractivity contribution is -0.197. The normalized spacial score (nSPS) is 13.2. The molecular weight excluding hydrogens is 1140 g/mol. The number of amides is 9. The van der Waals surface area contributed by atoms with E-state index in [1.54, 1.807) is 6.92 Å². The Morgan fingerprint density at radius 2 is 0.580 bits per heavy atom. The fourth-order valence-corrected chi connectivity index (χ4v) is 9.74. The highest BCUT2D eigenvalue weighted by atomic mass is 16.7. The Labute approximate surface area is 522 Å². The Balaban J connectivity index is 1.56. The van der Waals surface area contributed by atoms with Crippen LogP contribution in [0.15, 0.2) is 0 Å². The van der Waals surface area contributed by atoms with Crippen molar-refractivity contribution in [1.82, 2.24) is 36.7 Å². The largest absolute Gasteiger partial charge is 0.380 e. The monoisotopic (exact) mass is 1250 g/mol. The van der Waals surface area contributed by atoms with Crippen LogP contribution in [0.2, 0.25) is 0 Å². The molecule has 0 bridgehead atoms. The molecule has 88 heavy (non-hydrogen) atoms. The molecule has 2 aliphatic rings. The number of Topliss-reactive ketones (excluding diaryl/α,β-unsaturated/α-hetero) is 1. The maximum Gasteiger partial charge on any atom is 0.333 e. The van der Waals surface area contributed by atoms with Crippen molar-refractivity contribution >= 4 is 70.9 Å². The smallest absolute Gasteiger partial charge is 0.333 e. The number of hydrogen-bond donors (Lipinski definition) is 5. The number of ketones is 1. The Morgan fingerprint density at radius 1 is 0.341 bits per heavy atom. The second kappa shape index (κ2) is 50.9. The molecule has 2 aliphatic heterocycles. The zero-order chi connectivity index (χ0) is 64.3. The van der Waals surface area contributed by atoms with E-state index in [1.165, 1.54) is 0 Å². The van der Waals surface area contributed by atoms with Gasteiger partial charge in [-0.1, -0.05) is 103 Å². The number of imide groups is 2. The minimum absolute atomic E-state index is 0.0300. The van der Waals surface area contributed by atoms with Crippen LogP contribution >= 0.6 is 0 Å². The number of carbonyl (C=O) groups is 12. The Hall–Kier alpha value is -5.88. The zero-order valence-corrected chi connectivity index (χ0v) is 53.5. The molecular formula is C64H109N7O17. The topological polar surface area (TPSA) is 318 Å². The summed E-state index contributed by atoms with van der Waals surface area (Å²) in [7, 11) is 0. The summed E-state index contributed by atoms with van der Waals surface area (Å²) < 4.78 is 18.2. The van der Waals surface area contributed by atoms with E-state index in [0.29, 0.717) is 81.4 Å². The summed E-state index contributed by atoms with van der Waals surface area (Å²) in [5, 5.41) is 16.0. The van der Waals surface area contributed by atoms with Gasteiger partial charge >= 0.3 is 11.9 Å². The first kappa shape index (κ1) is 78.2. The fourth-order valence-electron chi connectivity index (χ4n) is 9.74. The SMILES string of the molecule is CCC(COCCC(=O)NCCCCCCCC(C)=O)(COCCC(=O)NCCCCCCCC(=O)NCCCCCCCC(=O)ON1C(=O)CCC1=O)COCCC(=O)NCCCCCCCC(=O)NCCCCCCCC(=O)ON1C(=O)CCC1=O. The second-order valence-corrected chi connectivity index (χ2v) is 23.4. The van der Waals surface area contributed by atoms with Gasteiger partial charge in [-0.2, -0.15) is 0 Å². The van der Waals surface area contributed by atoms with E-state index in [4.69, 9.17) is 23.9 Å². The predicted octanol–water partition coefficient (Wildman–Crippen LogP) is 7.69. The van der Waals surface area contributed by atoms with Crippen LogP contribution in [0.5, 0.6) is 0 Å². The van der Waals surface area contributed by atoms with Gasteiger partial charge in [0.25, 0.3) is 23.6 Å². The Kier molecular flexibility index (Phi) is 45.3. The molecule has 2 saturated heterocycles. The van der Waals surface area contributed by atoms with Crippen LogP contribution in [-0.2, 0) is 81.4 Å². The van der Waals surface area contributed by atoms with Gasteiger partial charge in [0.05, 0.1) is 39.6 Å². The van der Waals surface area contributed by atoms with Gasteiger partial charge in [-0.25, -0.2) is 9.59 Å². The maximum absolute atomic E-state index is 12.7. The van der Waals surface area contributed by atoms with Gasteiger partial charge in [-0.15, -0.1) is 10.1 Å². The first-order chi connectivity index (χ1) is 42.5. The summed E-state index contributed by atoms with van der Waals surface area (Å²) in [6.07, 6.45) is 25.0. The van der Waals surface area contributed by atoms with Crippen LogP contribution in [0.25, 0.3) is 0 Å². The van der Waals surface area contributed by atoms with Crippen LogP contribution in [0.4, 0.5) is 0 Å². The highest BCUT2D eigenvalue weighted by Gasteiger charge is 2.34. The molecule has 0 aromatic heterocycles.